The Kier molecular flexibility index (Phi) is 8.45. The maximum atomic E-state index is 5.95. The second-order valence-electron chi connectivity index (χ2n) is 6.59. The van der Waals surface area contributed by atoms with Crippen molar-refractivity contribution >= 4 is 5.96 Å². The molecule has 0 aliphatic rings. The Morgan fingerprint density at radius 1 is 1.00 bits per heavy atom. The minimum absolute atomic E-state index is 0.0171. The first-order chi connectivity index (χ1) is 14.0. The molecule has 0 saturated heterocycles. The van der Waals surface area contributed by atoms with E-state index in [-0.39, 0.29) is 6.10 Å². The van der Waals surface area contributed by atoms with E-state index in [1.165, 1.54) is 5.56 Å². The summed E-state index contributed by atoms with van der Waals surface area (Å²) in [5, 5.41) is 6.57. The van der Waals surface area contributed by atoms with Crippen molar-refractivity contribution in [2.75, 3.05) is 34.9 Å². The SMILES string of the molecule is CN=C(NCc1cc(OC)c(OC)c(OC)c1)NCC(C)Oc1cccc(C)c1. The van der Waals surface area contributed by atoms with Crippen molar-refractivity contribution < 1.29 is 18.9 Å². The smallest absolute Gasteiger partial charge is 0.203 e. The molecule has 0 amide bonds. The van der Waals surface area contributed by atoms with Crippen LogP contribution in [0.1, 0.15) is 18.1 Å². The van der Waals surface area contributed by atoms with Gasteiger partial charge in [0.15, 0.2) is 17.5 Å². The van der Waals surface area contributed by atoms with Crippen LogP contribution >= 0.6 is 0 Å². The zero-order chi connectivity index (χ0) is 21.2. The van der Waals surface area contributed by atoms with E-state index < -0.39 is 0 Å². The molecular formula is C22H31N3O4. The van der Waals surface area contributed by atoms with Crippen LogP contribution in [-0.4, -0.2) is 47.0 Å². The Hall–Kier alpha value is -3.09. The fourth-order valence-electron chi connectivity index (χ4n) is 2.85. The molecule has 158 valence electrons. The Labute approximate surface area is 173 Å². The molecule has 0 aromatic heterocycles. The van der Waals surface area contributed by atoms with Gasteiger partial charge in [-0.05, 0) is 49.2 Å². The molecule has 0 spiro atoms. The molecule has 29 heavy (non-hydrogen) atoms. The molecule has 0 aliphatic carbocycles. The highest BCUT2D eigenvalue weighted by molar-refractivity contribution is 5.79. The predicted octanol–water partition coefficient (Wildman–Crippen LogP) is 3.15. The van der Waals surface area contributed by atoms with E-state index in [9.17, 15) is 0 Å². The van der Waals surface area contributed by atoms with Gasteiger partial charge < -0.3 is 29.6 Å². The van der Waals surface area contributed by atoms with Gasteiger partial charge in [0.1, 0.15) is 11.9 Å². The summed E-state index contributed by atoms with van der Waals surface area (Å²) in [6.45, 7) is 5.22. The van der Waals surface area contributed by atoms with E-state index in [0.29, 0.717) is 36.3 Å². The van der Waals surface area contributed by atoms with Gasteiger partial charge in [0.25, 0.3) is 0 Å². The number of aliphatic imine (C=N–C) groups is 1. The molecular weight excluding hydrogens is 370 g/mol. The molecule has 0 heterocycles. The van der Waals surface area contributed by atoms with Gasteiger partial charge in [-0.3, -0.25) is 4.99 Å². The molecule has 0 aliphatic heterocycles. The number of rotatable bonds is 9. The van der Waals surface area contributed by atoms with Crippen molar-refractivity contribution in [1.29, 1.82) is 0 Å². The summed E-state index contributed by atoms with van der Waals surface area (Å²) in [7, 11) is 6.52. The Morgan fingerprint density at radius 3 is 2.24 bits per heavy atom. The van der Waals surface area contributed by atoms with Crippen molar-refractivity contribution in [3.05, 3.63) is 47.5 Å². The van der Waals surface area contributed by atoms with Crippen molar-refractivity contribution in [1.82, 2.24) is 10.6 Å². The lowest BCUT2D eigenvalue weighted by Gasteiger charge is -2.18. The van der Waals surface area contributed by atoms with Crippen LogP contribution in [-0.2, 0) is 6.54 Å². The average Bonchev–Trinajstić information content (AvgIpc) is 2.72. The monoisotopic (exact) mass is 401 g/mol. The molecule has 1 atom stereocenters. The second-order valence-corrected chi connectivity index (χ2v) is 6.59. The van der Waals surface area contributed by atoms with Gasteiger partial charge in [-0.25, -0.2) is 0 Å². The molecule has 2 aromatic rings. The number of nitrogens with zero attached hydrogens (tertiary/aromatic N) is 1. The zero-order valence-electron chi connectivity index (χ0n) is 18.0. The topological polar surface area (TPSA) is 73.3 Å². The first kappa shape index (κ1) is 22.2. The highest BCUT2D eigenvalue weighted by Gasteiger charge is 2.13. The van der Waals surface area contributed by atoms with Crippen molar-refractivity contribution in [3.63, 3.8) is 0 Å². The molecule has 1 unspecified atom stereocenters. The summed E-state index contributed by atoms with van der Waals surface area (Å²) in [5.74, 6) is 3.35. The van der Waals surface area contributed by atoms with Gasteiger partial charge in [0.2, 0.25) is 5.75 Å². The summed E-state index contributed by atoms with van der Waals surface area (Å²) < 4.78 is 22.1. The van der Waals surface area contributed by atoms with E-state index in [1.54, 1.807) is 28.4 Å². The molecule has 2 N–H and O–H groups in total. The van der Waals surface area contributed by atoms with Crippen LogP contribution in [0.15, 0.2) is 41.4 Å². The second kappa shape index (κ2) is 11.0. The van der Waals surface area contributed by atoms with Crippen LogP contribution in [0.2, 0.25) is 0 Å². The maximum Gasteiger partial charge on any atom is 0.203 e. The molecule has 0 fully saturated rings. The minimum atomic E-state index is -0.0171. The predicted molar refractivity (Wildman–Crippen MR) is 116 cm³/mol. The number of hydrogen-bond donors (Lipinski definition) is 2. The fraction of sp³-hybridized carbons (Fsp3) is 0.409. The molecule has 7 heteroatoms. The summed E-state index contributed by atoms with van der Waals surface area (Å²) in [6, 6.07) is 11.8. The van der Waals surface area contributed by atoms with Crippen LogP contribution in [0, 0.1) is 6.92 Å². The van der Waals surface area contributed by atoms with Crippen LogP contribution < -0.4 is 29.6 Å². The summed E-state index contributed by atoms with van der Waals surface area (Å²) >= 11 is 0. The highest BCUT2D eigenvalue weighted by atomic mass is 16.5. The summed E-state index contributed by atoms with van der Waals surface area (Å²) in [4.78, 5) is 4.27. The third-order valence-corrected chi connectivity index (χ3v) is 4.29. The van der Waals surface area contributed by atoms with Crippen LogP contribution in [0.25, 0.3) is 0 Å². The van der Waals surface area contributed by atoms with E-state index in [2.05, 4.69) is 15.6 Å². The molecule has 0 bridgehead atoms. The van der Waals surface area contributed by atoms with E-state index >= 15 is 0 Å². The number of hydrogen-bond acceptors (Lipinski definition) is 5. The van der Waals surface area contributed by atoms with Crippen LogP contribution in [0.5, 0.6) is 23.0 Å². The molecule has 2 rings (SSSR count). The first-order valence-corrected chi connectivity index (χ1v) is 9.47. The lowest BCUT2D eigenvalue weighted by molar-refractivity contribution is 0.223. The minimum Gasteiger partial charge on any atom is -0.493 e. The fourth-order valence-corrected chi connectivity index (χ4v) is 2.85. The lowest BCUT2D eigenvalue weighted by atomic mass is 10.2. The summed E-state index contributed by atoms with van der Waals surface area (Å²) in [6.07, 6.45) is -0.0171. The van der Waals surface area contributed by atoms with Crippen molar-refractivity contribution in [3.8, 4) is 23.0 Å². The number of ether oxygens (including phenoxy) is 4. The first-order valence-electron chi connectivity index (χ1n) is 9.47. The van der Waals surface area contributed by atoms with E-state index in [4.69, 9.17) is 18.9 Å². The van der Waals surface area contributed by atoms with Gasteiger partial charge in [0.05, 0.1) is 27.9 Å². The Morgan fingerprint density at radius 2 is 1.69 bits per heavy atom. The Balaban J connectivity index is 1.92. The number of benzene rings is 2. The Bertz CT molecular complexity index is 798. The number of methoxy groups -OCH3 is 3. The van der Waals surface area contributed by atoms with E-state index in [1.807, 2.05) is 50.2 Å². The summed E-state index contributed by atoms with van der Waals surface area (Å²) in [5.41, 5.74) is 2.15. The zero-order valence-corrected chi connectivity index (χ0v) is 18.0. The third-order valence-electron chi connectivity index (χ3n) is 4.29. The molecule has 0 radical (unpaired) electrons. The standard InChI is InChI=1S/C22H31N3O4/c1-15-8-7-9-18(10-15)29-16(2)13-24-22(23-3)25-14-17-11-19(26-4)21(28-6)20(12-17)27-5/h7-12,16H,13-14H2,1-6H3,(H2,23,24,25). The van der Waals surface area contributed by atoms with Crippen LogP contribution in [0.3, 0.4) is 0 Å². The van der Waals surface area contributed by atoms with E-state index in [0.717, 1.165) is 11.3 Å². The average molecular weight is 402 g/mol. The van der Waals surface area contributed by atoms with Crippen molar-refractivity contribution in [2.45, 2.75) is 26.5 Å². The van der Waals surface area contributed by atoms with Gasteiger partial charge in [-0.2, -0.15) is 0 Å². The van der Waals surface area contributed by atoms with Gasteiger partial charge in [0, 0.05) is 13.6 Å². The maximum absolute atomic E-state index is 5.95. The lowest BCUT2D eigenvalue weighted by Crippen LogP contribution is -2.41. The third kappa shape index (κ3) is 6.48. The quantitative estimate of drug-likeness (QED) is 0.497. The largest absolute Gasteiger partial charge is 0.493 e. The van der Waals surface area contributed by atoms with Gasteiger partial charge in [-0.15, -0.1) is 0 Å². The molecule has 7 nitrogen and oxygen atoms in total. The normalized spacial score (nSPS) is 12.1. The van der Waals surface area contributed by atoms with Crippen LogP contribution in [0.4, 0.5) is 0 Å². The number of aryl methyl sites for hydroxylation is 1. The molecule has 2 aromatic carbocycles. The number of nitrogens with one attached hydrogen (secondary N) is 2. The molecule has 0 saturated carbocycles. The van der Waals surface area contributed by atoms with Gasteiger partial charge >= 0.3 is 0 Å². The van der Waals surface area contributed by atoms with Gasteiger partial charge in [-0.1, -0.05) is 12.1 Å². The highest BCUT2D eigenvalue weighted by Crippen LogP contribution is 2.38. The van der Waals surface area contributed by atoms with Crippen molar-refractivity contribution in [2.24, 2.45) is 4.99 Å². The number of guanidine groups is 1.